The molecule has 2 aliphatic carbocycles. The maximum atomic E-state index is 3.93. The second kappa shape index (κ2) is 4.55. The van der Waals surface area contributed by atoms with Crippen molar-refractivity contribution in [1.29, 1.82) is 0 Å². The highest BCUT2D eigenvalue weighted by molar-refractivity contribution is 4.92. The SMILES string of the molecule is CC1(C)CCC(NC2CCN(C3CC3)CC2)C1. The van der Waals surface area contributed by atoms with Gasteiger partial charge in [-0.3, -0.25) is 0 Å². The van der Waals surface area contributed by atoms with Crippen LogP contribution < -0.4 is 5.32 Å². The molecule has 2 heteroatoms. The molecule has 2 nitrogen and oxygen atoms in total. The Kier molecular flexibility index (Phi) is 3.20. The zero-order valence-electron chi connectivity index (χ0n) is 11.5. The van der Waals surface area contributed by atoms with Crippen LogP contribution in [0.15, 0.2) is 0 Å². The Morgan fingerprint density at radius 3 is 2.18 bits per heavy atom. The minimum Gasteiger partial charge on any atom is -0.311 e. The summed E-state index contributed by atoms with van der Waals surface area (Å²) in [6, 6.07) is 2.59. The van der Waals surface area contributed by atoms with E-state index < -0.39 is 0 Å². The van der Waals surface area contributed by atoms with Gasteiger partial charge in [-0.2, -0.15) is 0 Å². The molecule has 3 aliphatic rings. The van der Waals surface area contributed by atoms with Crippen LogP contribution in [-0.2, 0) is 0 Å². The standard InChI is InChI=1S/C15H28N2/c1-15(2)8-5-13(11-15)16-12-6-9-17(10-7-12)14-3-4-14/h12-14,16H,3-11H2,1-2H3. The molecular weight excluding hydrogens is 208 g/mol. The molecule has 1 unspecified atom stereocenters. The molecule has 98 valence electrons. The number of hydrogen-bond acceptors (Lipinski definition) is 2. The number of likely N-dealkylation sites (tertiary alicyclic amines) is 1. The van der Waals surface area contributed by atoms with E-state index in [4.69, 9.17) is 0 Å². The average Bonchev–Trinajstić information content (AvgIpc) is 3.06. The van der Waals surface area contributed by atoms with Crippen LogP contribution in [0.3, 0.4) is 0 Å². The second-order valence-corrected chi connectivity index (χ2v) is 7.31. The summed E-state index contributed by atoms with van der Waals surface area (Å²) in [5.74, 6) is 0. The van der Waals surface area contributed by atoms with Crippen molar-refractivity contribution in [3.05, 3.63) is 0 Å². The van der Waals surface area contributed by atoms with Gasteiger partial charge in [-0.05, 0) is 63.5 Å². The van der Waals surface area contributed by atoms with E-state index in [0.717, 1.165) is 18.1 Å². The molecule has 1 atom stereocenters. The fourth-order valence-electron chi connectivity index (χ4n) is 3.78. The van der Waals surface area contributed by atoms with Crippen LogP contribution in [-0.4, -0.2) is 36.1 Å². The van der Waals surface area contributed by atoms with Crippen LogP contribution in [0.5, 0.6) is 0 Å². The molecule has 1 saturated heterocycles. The van der Waals surface area contributed by atoms with E-state index in [1.54, 1.807) is 0 Å². The third kappa shape index (κ3) is 3.03. The van der Waals surface area contributed by atoms with Gasteiger partial charge in [0.1, 0.15) is 0 Å². The van der Waals surface area contributed by atoms with Crippen molar-refractivity contribution >= 4 is 0 Å². The van der Waals surface area contributed by atoms with Crippen LogP contribution in [0, 0.1) is 5.41 Å². The van der Waals surface area contributed by atoms with E-state index in [-0.39, 0.29) is 0 Å². The van der Waals surface area contributed by atoms with Gasteiger partial charge in [-0.15, -0.1) is 0 Å². The van der Waals surface area contributed by atoms with Crippen molar-refractivity contribution in [3.63, 3.8) is 0 Å². The summed E-state index contributed by atoms with van der Waals surface area (Å²) in [7, 11) is 0. The van der Waals surface area contributed by atoms with Crippen LogP contribution >= 0.6 is 0 Å². The Morgan fingerprint density at radius 2 is 1.65 bits per heavy atom. The predicted molar refractivity (Wildman–Crippen MR) is 72.2 cm³/mol. The van der Waals surface area contributed by atoms with Gasteiger partial charge in [-0.1, -0.05) is 13.8 Å². The van der Waals surface area contributed by atoms with E-state index >= 15 is 0 Å². The first-order chi connectivity index (χ1) is 8.12. The lowest BCUT2D eigenvalue weighted by Crippen LogP contribution is -2.46. The molecule has 0 amide bonds. The van der Waals surface area contributed by atoms with Crippen molar-refractivity contribution < 1.29 is 0 Å². The molecule has 0 spiro atoms. The Morgan fingerprint density at radius 1 is 0.941 bits per heavy atom. The van der Waals surface area contributed by atoms with Crippen LogP contribution in [0.4, 0.5) is 0 Å². The summed E-state index contributed by atoms with van der Waals surface area (Å²) < 4.78 is 0. The molecule has 1 N–H and O–H groups in total. The monoisotopic (exact) mass is 236 g/mol. The van der Waals surface area contributed by atoms with Crippen molar-refractivity contribution in [2.24, 2.45) is 5.41 Å². The topological polar surface area (TPSA) is 15.3 Å². The molecule has 2 saturated carbocycles. The molecule has 17 heavy (non-hydrogen) atoms. The number of hydrogen-bond donors (Lipinski definition) is 1. The lowest BCUT2D eigenvalue weighted by Gasteiger charge is -2.34. The van der Waals surface area contributed by atoms with Crippen molar-refractivity contribution in [2.45, 2.75) is 76.9 Å². The number of nitrogens with zero attached hydrogens (tertiary/aromatic N) is 1. The number of nitrogens with one attached hydrogen (secondary N) is 1. The van der Waals surface area contributed by atoms with Crippen LogP contribution in [0.25, 0.3) is 0 Å². The maximum Gasteiger partial charge on any atom is 0.00964 e. The van der Waals surface area contributed by atoms with Crippen molar-refractivity contribution in [3.8, 4) is 0 Å². The summed E-state index contributed by atoms with van der Waals surface area (Å²) >= 11 is 0. The van der Waals surface area contributed by atoms with Crippen molar-refractivity contribution in [1.82, 2.24) is 10.2 Å². The molecule has 0 aromatic rings. The van der Waals surface area contributed by atoms with Gasteiger partial charge < -0.3 is 10.2 Å². The van der Waals surface area contributed by atoms with Gasteiger partial charge in [0.2, 0.25) is 0 Å². The van der Waals surface area contributed by atoms with Crippen LogP contribution in [0.1, 0.15) is 58.8 Å². The number of rotatable bonds is 3. The van der Waals surface area contributed by atoms with Gasteiger partial charge >= 0.3 is 0 Å². The predicted octanol–water partition coefficient (Wildman–Crippen LogP) is 2.78. The molecule has 0 aromatic carbocycles. The maximum absolute atomic E-state index is 3.93. The first-order valence-corrected chi connectivity index (χ1v) is 7.62. The van der Waals surface area contributed by atoms with Crippen LogP contribution in [0.2, 0.25) is 0 Å². The molecular formula is C15H28N2. The largest absolute Gasteiger partial charge is 0.311 e. The fourth-order valence-corrected chi connectivity index (χ4v) is 3.78. The zero-order chi connectivity index (χ0) is 11.9. The number of piperidine rings is 1. The highest BCUT2D eigenvalue weighted by atomic mass is 15.2. The van der Waals surface area contributed by atoms with Gasteiger partial charge in [0.25, 0.3) is 0 Å². The summed E-state index contributed by atoms with van der Waals surface area (Å²) in [6.45, 7) is 7.53. The molecule has 3 rings (SSSR count). The van der Waals surface area contributed by atoms with E-state index in [1.165, 1.54) is 58.0 Å². The van der Waals surface area contributed by atoms with E-state index in [1.807, 2.05) is 0 Å². The second-order valence-electron chi connectivity index (χ2n) is 7.31. The smallest absolute Gasteiger partial charge is 0.00964 e. The highest BCUT2D eigenvalue weighted by Gasteiger charge is 2.34. The van der Waals surface area contributed by atoms with Crippen molar-refractivity contribution in [2.75, 3.05) is 13.1 Å². The molecule has 0 bridgehead atoms. The minimum atomic E-state index is 0.590. The normalized spacial score (nSPS) is 35.3. The van der Waals surface area contributed by atoms with Gasteiger partial charge in [-0.25, -0.2) is 0 Å². The first-order valence-electron chi connectivity index (χ1n) is 7.62. The fraction of sp³-hybridized carbons (Fsp3) is 1.00. The molecule has 0 radical (unpaired) electrons. The Bertz CT molecular complexity index is 262. The zero-order valence-corrected chi connectivity index (χ0v) is 11.5. The molecule has 0 aromatic heterocycles. The van der Waals surface area contributed by atoms with Gasteiger partial charge in [0, 0.05) is 18.1 Å². The van der Waals surface area contributed by atoms with E-state index in [0.29, 0.717) is 5.41 Å². The molecule has 3 fully saturated rings. The molecule has 1 aliphatic heterocycles. The first kappa shape index (κ1) is 12.0. The van der Waals surface area contributed by atoms with E-state index in [2.05, 4.69) is 24.1 Å². The Hall–Kier alpha value is -0.0800. The average molecular weight is 236 g/mol. The molecule has 1 heterocycles. The van der Waals surface area contributed by atoms with Gasteiger partial charge in [0.05, 0.1) is 0 Å². The summed E-state index contributed by atoms with van der Waals surface area (Å²) in [4.78, 5) is 2.72. The Balaban J connectivity index is 1.41. The quantitative estimate of drug-likeness (QED) is 0.810. The van der Waals surface area contributed by atoms with Gasteiger partial charge in [0.15, 0.2) is 0 Å². The lowest BCUT2D eigenvalue weighted by molar-refractivity contribution is 0.181. The Labute approximate surface area is 106 Å². The third-order valence-corrected chi connectivity index (χ3v) is 5.03. The summed E-state index contributed by atoms with van der Waals surface area (Å²) in [5, 5.41) is 3.93. The highest BCUT2D eigenvalue weighted by Crippen LogP contribution is 2.37. The van der Waals surface area contributed by atoms with E-state index in [9.17, 15) is 0 Å². The summed E-state index contributed by atoms with van der Waals surface area (Å²) in [5.41, 5.74) is 0.590. The third-order valence-electron chi connectivity index (χ3n) is 5.03. The lowest BCUT2D eigenvalue weighted by atomic mass is 9.91. The minimum absolute atomic E-state index is 0.590. The summed E-state index contributed by atoms with van der Waals surface area (Å²) in [6.07, 6.45) is 9.89.